The van der Waals surface area contributed by atoms with E-state index in [1.54, 1.807) is 0 Å². The molecule has 3 aliphatic heterocycles. The Bertz CT molecular complexity index is 3460. The third kappa shape index (κ3) is 11.4. The number of hydrogen-bond acceptors (Lipinski definition) is 9. The molecule has 3 unspecified atom stereocenters. The second kappa shape index (κ2) is 21.2. The van der Waals surface area contributed by atoms with E-state index < -0.39 is 26.4 Å². The molecule has 0 saturated heterocycles. The average Bonchev–Trinajstić information content (AvgIpc) is 2.35. The van der Waals surface area contributed by atoms with Crippen molar-refractivity contribution in [3.05, 3.63) is 173 Å². The van der Waals surface area contributed by atoms with Crippen molar-refractivity contribution >= 4 is 26.5 Å². The van der Waals surface area contributed by atoms with Crippen molar-refractivity contribution in [2.24, 2.45) is 5.92 Å². The van der Waals surface area contributed by atoms with Crippen LogP contribution in [0.5, 0.6) is 34.5 Å². The van der Waals surface area contributed by atoms with E-state index in [0.29, 0.717) is 34.5 Å². The SMILES string of the molecule is Cc1cc(C2C(=O)Oc3c2cc(C(C)(C)C)cc3C(C)(C)C)cc(C)c1OP(Oc1c(C)cc(C2C(=O)Oc3c2cc(C(C)(C)C)cc3C(C)(C)C)cc1C)Oc1c(C)cc(C2C(=O)Oc3c2cc(C(C)(C)C)cc3C(C)(C)C(C)C)cc1C. The molecule has 6 aromatic carbocycles. The lowest BCUT2D eigenvalue weighted by atomic mass is 9.71. The lowest BCUT2D eigenvalue weighted by Crippen LogP contribution is -2.26. The first-order valence-electron chi connectivity index (χ1n) is 30.0. The number of carbonyl (C=O) groups excluding carboxylic acids is 3. The number of hydrogen-bond donors (Lipinski definition) is 0. The minimum absolute atomic E-state index is 0.168. The monoisotopic (exact) mass is 1150 g/mol. The first-order valence-corrected chi connectivity index (χ1v) is 31.1. The predicted molar refractivity (Wildman–Crippen MR) is 340 cm³/mol. The quantitative estimate of drug-likeness (QED) is 0.0712. The largest absolute Gasteiger partial charge is 0.530 e. The number of aryl methyl sites for hydroxylation is 6. The van der Waals surface area contributed by atoms with Crippen LogP contribution in [-0.2, 0) is 46.9 Å². The molecule has 0 bridgehead atoms. The molecule has 3 heterocycles. The van der Waals surface area contributed by atoms with E-state index in [1.807, 2.05) is 77.9 Å². The van der Waals surface area contributed by atoms with Gasteiger partial charge in [0, 0.05) is 33.4 Å². The van der Waals surface area contributed by atoms with Gasteiger partial charge in [0.25, 0.3) is 0 Å². The fourth-order valence-electron chi connectivity index (χ4n) is 12.1. The maximum Gasteiger partial charge on any atom is 0.530 e. The summed E-state index contributed by atoms with van der Waals surface area (Å²) in [7, 11) is -2.29. The normalized spacial score (nSPS) is 17.6. The first-order chi connectivity index (χ1) is 38.6. The van der Waals surface area contributed by atoms with Crippen molar-refractivity contribution in [1.29, 1.82) is 0 Å². The number of ether oxygens (including phenoxy) is 3. The van der Waals surface area contributed by atoms with Gasteiger partial charge < -0.3 is 27.8 Å². The van der Waals surface area contributed by atoms with E-state index in [-0.39, 0.29) is 56.3 Å². The summed E-state index contributed by atoms with van der Waals surface area (Å²) < 4.78 is 40.0. The number of esters is 3. The van der Waals surface area contributed by atoms with Crippen LogP contribution >= 0.6 is 8.60 Å². The van der Waals surface area contributed by atoms with Gasteiger partial charge >= 0.3 is 26.5 Å². The van der Waals surface area contributed by atoms with Crippen LogP contribution in [0.2, 0.25) is 0 Å². The Labute approximate surface area is 502 Å². The lowest BCUT2D eigenvalue weighted by Gasteiger charge is -2.33. The highest BCUT2D eigenvalue weighted by Gasteiger charge is 2.45. The van der Waals surface area contributed by atoms with Crippen LogP contribution in [-0.4, -0.2) is 17.9 Å². The van der Waals surface area contributed by atoms with Gasteiger partial charge in [0.15, 0.2) is 0 Å². The molecule has 0 aromatic heterocycles. The molecule has 0 saturated carbocycles. The van der Waals surface area contributed by atoms with Crippen molar-refractivity contribution in [2.45, 2.75) is 223 Å². The van der Waals surface area contributed by atoms with Crippen molar-refractivity contribution in [3.63, 3.8) is 0 Å². The number of carbonyl (C=O) groups is 3. The molecule has 9 rings (SSSR count). The van der Waals surface area contributed by atoms with E-state index >= 15 is 0 Å². The fourth-order valence-corrected chi connectivity index (χ4v) is 13.5. The zero-order valence-corrected chi connectivity index (χ0v) is 55.8. The van der Waals surface area contributed by atoms with Gasteiger partial charge in [0.05, 0.1) is 0 Å². The van der Waals surface area contributed by atoms with Gasteiger partial charge in [0.2, 0.25) is 0 Å². The zero-order valence-electron chi connectivity index (χ0n) is 54.9. The zero-order chi connectivity index (χ0) is 62.2. The van der Waals surface area contributed by atoms with Gasteiger partial charge in [0.1, 0.15) is 52.3 Å². The summed E-state index contributed by atoms with van der Waals surface area (Å²) in [5.74, 6) is 1.04. The van der Waals surface area contributed by atoms with Gasteiger partial charge in [-0.05, 0) is 147 Å². The highest BCUT2D eigenvalue weighted by molar-refractivity contribution is 7.43. The molecular formula is C74H91O9P. The van der Waals surface area contributed by atoms with E-state index in [4.69, 9.17) is 27.8 Å². The van der Waals surface area contributed by atoms with Crippen molar-refractivity contribution < 1.29 is 42.2 Å². The number of benzene rings is 6. The van der Waals surface area contributed by atoms with Gasteiger partial charge in [-0.15, -0.1) is 0 Å². The summed E-state index contributed by atoms with van der Waals surface area (Å²) >= 11 is 0. The Morgan fingerprint density at radius 1 is 0.357 bits per heavy atom. The van der Waals surface area contributed by atoms with E-state index in [1.165, 1.54) is 0 Å². The van der Waals surface area contributed by atoms with Crippen LogP contribution in [0.1, 0.15) is 249 Å². The molecule has 9 nitrogen and oxygen atoms in total. The van der Waals surface area contributed by atoms with Crippen LogP contribution in [0.4, 0.5) is 0 Å². The summed E-state index contributed by atoms with van der Waals surface area (Å²) in [6, 6.07) is 25.2. The summed E-state index contributed by atoms with van der Waals surface area (Å²) in [5.41, 5.74) is 14.9. The number of rotatable bonds is 11. The Morgan fingerprint density at radius 2 is 0.595 bits per heavy atom. The third-order valence-electron chi connectivity index (χ3n) is 17.9. The van der Waals surface area contributed by atoms with Crippen LogP contribution in [0.3, 0.4) is 0 Å². The Balaban J connectivity index is 1.13. The number of fused-ring (bicyclic) bond motifs is 3. The summed E-state index contributed by atoms with van der Waals surface area (Å²) in [5, 5.41) is 0. The highest BCUT2D eigenvalue weighted by Crippen LogP contribution is 2.55. The molecule has 0 N–H and O–H groups in total. The van der Waals surface area contributed by atoms with Crippen molar-refractivity contribution in [3.8, 4) is 34.5 Å². The molecule has 3 aliphatic rings. The standard InChI is InChI=1S/C74H91O9P/c1-38(2)74(24,25)56-37-50(71(15,16)17)34-53-59(68(77)80-65(53)56)47-30-43(7)62(44(8)31-47)83-84(81-60-39(3)26-45(27-40(60)4)57-51-32-48(69(9,10)11)35-54(72(18,19)20)63(51)78-66(57)75)82-61-41(5)28-46(29-42(61)6)58-52-33-49(70(12,13)14)36-55(73(21,22)23)64(52)79-67(58)76/h26-38,57-59H,1-25H3. The average molecular weight is 1160 g/mol. The van der Waals surface area contributed by atoms with Crippen LogP contribution in [0.15, 0.2) is 72.8 Å². The van der Waals surface area contributed by atoms with E-state index in [2.05, 4.69) is 168 Å². The predicted octanol–water partition coefficient (Wildman–Crippen LogP) is 18.9. The topological polar surface area (TPSA) is 107 Å². The molecule has 0 fully saturated rings. The first kappa shape index (κ1) is 62.1. The second-order valence-electron chi connectivity index (χ2n) is 30.5. The Morgan fingerprint density at radius 3 is 0.821 bits per heavy atom. The molecular weight excluding hydrogens is 1060 g/mol. The summed E-state index contributed by atoms with van der Waals surface area (Å²) in [6.45, 7) is 53.4. The molecule has 3 atom stereocenters. The molecule has 0 amide bonds. The second-order valence-corrected chi connectivity index (χ2v) is 31.5. The molecule has 0 radical (unpaired) electrons. The summed E-state index contributed by atoms with van der Waals surface area (Å²) in [4.78, 5) is 42.6. The fraction of sp³-hybridized carbons (Fsp3) is 0.473. The van der Waals surface area contributed by atoms with Crippen molar-refractivity contribution in [1.82, 2.24) is 0 Å². The smallest absolute Gasteiger partial charge is 0.425 e. The minimum Gasteiger partial charge on any atom is -0.425 e. The maximum absolute atomic E-state index is 14.3. The Hall–Kier alpha value is -6.44. The molecule has 446 valence electrons. The summed E-state index contributed by atoms with van der Waals surface area (Å²) in [6.07, 6.45) is 0. The lowest BCUT2D eigenvalue weighted by molar-refractivity contribution is -0.134. The maximum atomic E-state index is 14.3. The van der Waals surface area contributed by atoms with Crippen LogP contribution in [0, 0.1) is 47.5 Å². The third-order valence-corrected chi connectivity index (χ3v) is 18.9. The van der Waals surface area contributed by atoms with E-state index in [9.17, 15) is 14.4 Å². The molecule has 10 heteroatoms. The highest BCUT2D eigenvalue weighted by atomic mass is 31.2. The molecule has 0 spiro atoms. The minimum atomic E-state index is -2.29. The van der Waals surface area contributed by atoms with Gasteiger partial charge in [-0.1, -0.05) is 204 Å². The Kier molecular flexibility index (Phi) is 15.7. The molecule has 84 heavy (non-hydrogen) atoms. The molecule has 6 aromatic rings. The van der Waals surface area contributed by atoms with Gasteiger partial charge in [-0.25, -0.2) is 0 Å². The molecule has 0 aliphatic carbocycles. The van der Waals surface area contributed by atoms with Gasteiger partial charge in [-0.2, -0.15) is 0 Å². The van der Waals surface area contributed by atoms with Crippen LogP contribution < -0.4 is 27.8 Å². The van der Waals surface area contributed by atoms with Crippen LogP contribution in [0.25, 0.3) is 0 Å². The van der Waals surface area contributed by atoms with Gasteiger partial charge in [-0.3, -0.25) is 14.4 Å². The van der Waals surface area contributed by atoms with Crippen molar-refractivity contribution in [2.75, 3.05) is 0 Å². The van der Waals surface area contributed by atoms with E-state index in [0.717, 1.165) is 100 Å².